The number of hydrogen-bond donors (Lipinski definition) is 2. The van der Waals surface area contributed by atoms with Crippen LogP contribution in [0, 0.1) is 6.92 Å². The van der Waals surface area contributed by atoms with E-state index in [-0.39, 0.29) is 5.91 Å². The van der Waals surface area contributed by atoms with Crippen LogP contribution in [-0.4, -0.2) is 23.0 Å². The molecule has 1 aromatic heterocycles. The molecule has 17 heavy (non-hydrogen) atoms. The number of hydrogen-bond acceptors (Lipinski definition) is 3. The van der Waals surface area contributed by atoms with Crippen molar-refractivity contribution in [2.45, 2.75) is 38.8 Å². The smallest absolute Gasteiger partial charge is 0.240 e. The van der Waals surface area contributed by atoms with Gasteiger partial charge < -0.3 is 10.6 Å². The van der Waals surface area contributed by atoms with Crippen molar-refractivity contribution in [3.63, 3.8) is 0 Å². The number of aromatic nitrogens is 1. The summed E-state index contributed by atoms with van der Waals surface area (Å²) in [4.78, 5) is 16.3. The molecule has 2 rings (SSSR count). The van der Waals surface area contributed by atoms with E-state index in [1.807, 2.05) is 26.0 Å². The minimum absolute atomic E-state index is 0.0695. The number of carbonyl (C=O) groups excluding carboxylic acids is 1. The van der Waals surface area contributed by atoms with E-state index in [1.165, 1.54) is 0 Å². The average Bonchev–Trinajstić information content (AvgIpc) is 2.76. The maximum atomic E-state index is 12.1. The van der Waals surface area contributed by atoms with Crippen LogP contribution in [0.1, 0.15) is 31.0 Å². The van der Waals surface area contributed by atoms with Crippen LogP contribution in [0.3, 0.4) is 0 Å². The summed E-state index contributed by atoms with van der Waals surface area (Å²) in [5.41, 5.74) is 1.64. The normalized spacial score (nSPS) is 23.6. The highest BCUT2D eigenvalue weighted by molar-refractivity contribution is 5.86. The lowest BCUT2D eigenvalue weighted by Gasteiger charge is -2.23. The molecule has 1 amide bonds. The third kappa shape index (κ3) is 2.64. The molecule has 0 radical (unpaired) electrons. The summed E-state index contributed by atoms with van der Waals surface area (Å²) < 4.78 is 0. The van der Waals surface area contributed by atoms with Crippen LogP contribution in [0.25, 0.3) is 0 Å². The van der Waals surface area contributed by atoms with Gasteiger partial charge >= 0.3 is 0 Å². The fourth-order valence-electron chi connectivity index (χ4n) is 2.15. The summed E-state index contributed by atoms with van der Waals surface area (Å²) in [6, 6.07) is 3.91. The molecule has 1 saturated heterocycles. The maximum Gasteiger partial charge on any atom is 0.240 e. The van der Waals surface area contributed by atoms with Crippen molar-refractivity contribution in [3.05, 3.63) is 29.6 Å². The number of rotatable bonds is 3. The van der Waals surface area contributed by atoms with Crippen LogP contribution < -0.4 is 10.6 Å². The quantitative estimate of drug-likeness (QED) is 0.823. The van der Waals surface area contributed by atoms with E-state index in [0.29, 0.717) is 6.54 Å². The van der Waals surface area contributed by atoms with Crippen molar-refractivity contribution in [3.8, 4) is 0 Å². The minimum atomic E-state index is -0.400. The molecule has 0 saturated carbocycles. The van der Waals surface area contributed by atoms with E-state index < -0.39 is 5.54 Å². The van der Waals surface area contributed by atoms with Gasteiger partial charge in [-0.15, -0.1) is 0 Å². The van der Waals surface area contributed by atoms with E-state index in [2.05, 4.69) is 15.6 Å². The summed E-state index contributed by atoms with van der Waals surface area (Å²) in [7, 11) is 0. The third-order valence-corrected chi connectivity index (χ3v) is 3.40. The van der Waals surface area contributed by atoms with Crippen molar-refractivity contribution >= 4 is 5.91 Å². The molecular formula is C13H19N3O. The van der Waals surface area contributed by atoms with Crippen LogP contribution in [0.4, 0.5) is 0 Å². The van der Waals surface area contributed by atoms with Gasteiger partial charge in [0, 0.05) is 6.20 Å². The molecule has 0 aliphatic carbocycles. The molecule has 1 aliphatic heterocycles. The van der Waals surface area contributed by atoms with Crippen molar-refractivity contribution in [2.75, 3.05) is 6.54 Å². The molecule has 2 N–H and O–H groups in total. The Labute approximate surface area is 102 Å². The van der Waals surface area contributed by atoms with Gasteiger partial charge in [-0.25, -0.2) is 0 Å². The number of pyridine rings is 1. The minimum Gasteiger partial charge on any atom is -0.349 e. The zero-order valence-corrected chi connectivity index (χ0v) is 10.4. The number of nitrogens with one attached hydrogen (secondary N) is 2. The first-order valence-corrected chi connectivity index (χ1v) is 6.06. The number of nitrogens with zero attached hydrogens (tertiary/aromatic N) is 1. The maximum absolute atomic E-state index is 12.1. The van der Waals surface area contributed by atoms with Crippen LogP contribution in [0.15, 0.2) is 18.3 Å². The topological polar surface area (TPSA) is 54.0 Å². The molecule has 92 valence electrons. The van der Waals surface area contributed by atoms with Crippen LogP contribution in [0.5, 0.6) is 0 Å². The average molecular weight is 233 g/mol. The van der Waals surface area contributed by atoms with Crippen LogP contribution in [-0.2, 0) is 11.3 Å². The standard InChI is InChI=1S/C13H19N3O/c1-10-5-3-7-14-11(10)9-15-12(17)13(2)6-4-8-16-13/h3,5,7,16H,4,6,8-9H2,1-2H3,(H,15,17). The van der Waals surface area contributed by atoms with Gasteiger partial charge in [0.25, 0.3) is 0 Å². The summed E-state index contributed by atoms with van der Waals surface area (Å²) >= 11 is 0. The summed E-state index contributed by atoms with van der Waals surface area (Å²) in [5, 5.41) is 6.21. The second-order valence-electron chi connectivity index (χ2n) is 4.81. The Balaban J connectivity index is 1.94. The first-order chi connectivity index (χ1) is 8.12. The Morgan fingerprint density at radius 2 is 2.47 bits per heavy atom. The molecule has 1 aromatic rings. The summed E-state index contributed by atoms with van der Waals surface area (Å²) in [6.07, 6.45) is 3.72. The van der Waals surface area contributed by atoms with Gasteiger partial charge in [0.05, 0.1) is 17.8 Å². The van der Waals surface area contributed by atoms with Gasteiger partial charge in [0.1, 0.15) is 0 Å². The van der Waals surface area contributed by atoms with E-state index >= 15 is 0 Å². The number of aryl methyl sites for hydroxylation is 1. The van der Waals surface area contributed by atoms with Crippen LogP contribution in [0.2, 0.25) is 0 Å². The monoisotopic (exact) mass is 233 g/mol. The molecule has 1 fully saturated rings. The lowest BCUT2D eigenvalue weighted by atomic mass is 9.99. The fraction of sp³-hybridized carbons (Fsp3) is 0.538. The first-order valence-electron chi connectivity index (χ1n) is 6.06. The zero-order valence-electron chi connectivity index (χ0n) is 10.4. The van der Waals surface area contributed by atoms with Gasteiger partial charge in [0.2, 0.25) is 5.91 Å². The third-order valence-electron chi connectivity index (χ3n) is 3.40. The lowest BCUT2D eigenvalue weighted by Crippen LogP contribution is -2.50. The van der Waals surface area contributed by atoms with Crippen molar-refractivity contribution in [2.24, 2.45) is 0 Å². The molecule has 1 unspecified atom stereocenters. The van der Waals surface area contributed by atoms with Crippen LogP contribution >= 0.6 is 0 Å². The van der Waals surface area contributed by atoms with E-state index in [4.69, 9.17) is 0 Å². The second kappa shape index (κ2) is 4.84. The molecule has 4 nitrogen and oxygen atoms in total. The Kier molecular flexibility index (Phi) is 3.43. The number of carbonyl (C=O) groups is 1. The van der Waals surface area contributed by atoms with Gasteiger partial charge in [0.15, 0.2) is 0 Å². The first kappa shape index (κ1) is 12.0. The summed E-state index contributed by atoms with van der Waals surface area (Å²) in [5.74, 6) is 0.0695. The van der Waals surface area contributed by atoms with Crippen molar-refractivity contribution < 1.29 is 4.79 Å². The Bertz CT molecular complexity index is 411. The zero-order chi connectivity index (χ0) is 12.3. The second-order valence-corrected chi connectivity index (χ2v) is 4.81. The van der Waals surface area contributed by atoms with Gasteiger partial charge in [-0.2, -0.15) is 0 Å². The molecular weight excluding hydrogens is 214 g/mol. The highest BCUT2D eigenvalue weighted by atomic mass is 16.2. The highest BCUT2D eigenvalue weighted by Gasteiger charge is 2.35. The Hall–Kier alpha value is -1.42. The number of amides is 1. The molecule has 0 aromatic carbocycles. The Morgan fingerprint density at radius 1 is 1.65 bits per heavy atom. The van der Waals surface area contributed by atoms with Crippen molar-refractivity contribution in [1.82, 2.24) is 15.6 Å². The predicted octanol–water partition coefficient (Wildman–Crippen LogP) is 1.15. The summed E-state index contributed by atoms with van der Waals surface area (Å²) in [6.45, 7) is 5.39. The lowest BCUT2D eigenvalue weighted by molar-refractivity contribution is -0.126. The largest absolute Gasteiger partial charge is 0.349 e. The van der Waals surface area contributed by atoms with Gasteiger partial charge in [-0.3, -0.25) is 9.78 Å². The van der Waals surface area contributed by atoms with Gasteiger partial charge in [-0.1, -0.05) is 6.07 Å². The molecule has 2 heterocycles. The van der Waals surface area contributed by atoms with E-state index in [0.717, 1.165) is 30.6 Å². The Morgan fingerprint density at radius 3 is 3.12 bits per heavy atom. The molecule has 4 heteroatoms. The fourth-order valence-corrected chi connectivity index (χ4v) is 2.15. The van der Waals surface area contributed by atoms with E-state index in [9.17, 15) is 4.79 Å². The van der Waals surface area contributed by atoms with E-state index in [1.54, 1.807) is 6.20 Å². The molecule has 0 spiro atoms. The molecule has 0 bridgehead atoms. The van der Waals surface area contributed by atoms with Gasteiger partial charge in [-0.05, 0) is 44.9 Å². The highest BCUT2D eigenvalue weighted by Crippen LogP contribution is 2.18. The molecule has 1 aliphatic rings. The SMILES string of the molecule is Cc1cccnc1CNC(=O)C1(C)CCCN1. The predicted molar refractivity (Wildman–Crippen MR) is 66.5 cm³/mol. The van der Waals surface area contributed by atoms with Crippen molar-refractivity contribution in [1.29, 1.82) is 0 Å². The molecule has 1 atom stereocenters.